The number of hydrogen-bond acceptors (Lipinski definition) is 7. The number of ether oxygens (including phenoxy) is 1. The molecule has 0 spiro atoms. The summed E-state index contributed by atoms with van der Waals surface area (Å²) in [6.45, 7) is 1.75. The second-order valence-electron chi connectivity index (χ2n) is 4.76. The van der Waals surface area contributed by atoms with Crippen LogP contribution in [0.2, 0.25) is 0 Å². The van der Waals surface area contributed by atoms with Crippen LogP contribution in [0.5, 0.6) is 5.88 Å². The van der Waals surface area contributed by atoms with E-state index in [1.165, 1.54) is 7.11 Å². The molecule has 0 saturated carbocycles. The Balaban J connectivity index is 1.96. The number of hydrogen-bond donors (Lipinski definition) is 1. The fraction of sp³-hybridized carbons (Fsp3) is 0.133. The van der Waals surface area contributed by atoms with E-state index in [0.29, 0.717) is 11.6 Å². The number of amides is 1. The summed E-state index contributed by atoms with van der Waals surface area (Å²) in [5.74, 6) is -0.755. The first kappa shape index (κ1) is 15.4. The number of aryl methyl sites for hydroxylation is 1. The maximum Gasteiger partial charge on any atom is 0.441 e. The number of rotatable bonds is 4. The third-order valence-electron chi connectivity index (χ3n) is 3.13. The Morgan fingerprint density at radius 1 is 1.29 bits per heavy atom. The summed E-state index contributed by atoms with van der Waals surface area (Å²) in [4.78, 5) is 32.4. The number of aromatic nitrogens is 4. The predicted molar refractivity (Wildman–Crippen MR) is 83.4 cm³/mol. The molecule has 2 aromatic heterocycles. The number of benzene rings is 1. The molecule has 0 aliphatic rings. The summed E-state index contributed by atoms with van der Waals surface area (Å²) in [6.07, 6.45) is 1.01. The fourth-order valence-corrected chi connectivity index (χ4v) is 2.09. The minimum absolute atomic E-state index is 0.0964. The average molecular weight is 327 g/mol. The largest absolute Gasteiger partial charge is 0.481 e. The monoisotopic (exact) mass is 327 g/mol. The van der Waals surface area contributed by atoms with Crippen LogP contribution in [0, 0.1) is 6.92 Å². The number of para-hydroxylation sites is 1. The van der Waals surface area contributed by atoms with E-state index in [1.54, 1.807) is 37.3 Å². The lowest BCUT2D eigenvalue weighted by Crippen LogP contribution is -2.21. The van der Waals surface area contributed by atoms with Gasteiger partial charge in [0.1, 0.15) is 0 Å². The summed E-state index contributed by atoms with van der Waals surface area (Å²) < 4.78 is 10.7. The van der Waals surface area contributed by atoms with Gasteiger partial charge in [-0.1, -0.05) is 12.1 Å². The fourth-order valence-electron chi connectivity index (χ4n) is 2.09. The van der Waals surface area contributed by atoms with Crippen LogP contribution < -0.4 is 15.8 Å². The number of methoxy groups -OCH3 is 1. The van der Waals surface area contributed by atoms with Crippen LogP contribution >= 0.6 is 0 Å². The maximum atomic E-state index is 12.5. The summed E-state index contributed by atoms with van der Waals surface area (Å²) in [5, 5.41) is 6.36. The number of carbonyl (C=O) groups is 1. The first-order chi connectivity index (χ1) is 11.6. The molecule has 0 bridgehead atoms. The highest BCUT2D eigenvalue weighted by atomic mass is 16.5. The van der Waals surface area contributed by atoms with Gasteiger partial charge in [-0.3, -0.25) is 10.1 Å². The molecular formula is C15H13N5O4. The Morgan fingerprint density at radius 3 is 2.79 bits per heavy atom. The van der Waals surface area contributed by atoms with Gasteiger partial charge >= 0.3 is 5.76 Å². The van der Waals surface area contributed by atoms with E-state index in [-0.39, 0.29) is 17.2 Å². The van der Waals surface area contributed by atoms with Crippen molar-refractivity contribution in [2.45, 2.75) is 6.92 Å². The van der Waals surface area contributed by atoms with Gasteiger partial charge in [-0.15, -0.1) is 5.10 Å². The van der Waals surface area contributed by atoms with Gasteiger partial charge in [-0.2, -0.15) is 9.67 Å². The van der Waals surface area contributed by atoms with E-state index in [2.05, 4.69) is 24.8 Å². The van der Waals surface area contributed by atoms with Crippen LogP contribution in [0.15, 0.2) is 45.9 Å². The van der Waals surface area contributed by atoms with Gasteiger partial charge in [0, 0.05) is 11.8 Å². The summed E-state index contributed by atoms with van der Waals surface area (Å²) in [7, 11) is 1.47. The molecule has 0 saturated heterocycles. The third kappa shape index (κ3) is 3.00. The van der Waals surface area contributed by atoms with Crippen molar-refractivity contribution in [3.63, 3.8) is 0 Å². The first-order valence-electron chi connectivity index (χ1n) is 6.91. The van der Waals surface area contributed by atoms with Gasteiger partial charge in [-0.05, 0) is 19.1 Å². The molecule has 3 rings (SSSR count). The second kappa shape index (κ2) is 6.32. The highest BCUT2D eigenvalue weighted by Crippen LogP contribution is 2.15. The van der Waals surface area contributed by atoms with Crippen molar-refractivity contribution in [1.82, 2.24) is 19.7 Å². The molecule has 9 heteroatoms. The van der Waals surface area contributed by atoms with Gasteiger partial charge < -0.3 is 9.15 Å². The Hall–Kier alpha value is -3.49. The SMILES string of the molecule is COc1cc(C)nc(NC(=O)c2ccccc2-n2ncoc2=O)n1. The molecule has 1 N–H and O–H groups in total. The molecular weight excluding hydrogens is 314 g/mol. The molecule has 9 nitrogen and oxygen atoms in total. The zero-order valence-electron chi connectivity index (χ0n) is 12.9. The van der Waals surface area contributed by atoms with Crippen molar-refractivity contribution in [2.24, 2.45) is 0 Å². The highest BCUT2D eigenvalue weighted by molar-refractivity contribution is 6.05. The lowest BCUT2D eigenvalue weighted by Gasteiger charge is -2.09. The van der Waals surface area contributed by atoms with Crippen LogP contribution in [0.1, 0.15) is 16.1 Å². The van der Waals surface area contributed by atoms with Gasteiger partial charge in [0.2, 0.25) is 18.2 Å². The summed E-state index contributed by atoms with van der Waals surface area (Å²) in [5.41, 5.74) is 1.14. The molecule has 24 heavy (non-hydrogen) atoms. The van der Waals surface area contributed by atoms with Gasteiger partial charge in [0.05, 0.1) is 18.4 Å². The quantitative estimate of drug-likeness (QED) is 0.765. The molecule has 0 unspecified atom stereocenters. The molecule has 1 aromatic carbocycles. The van der Waals surface area contributed by atoms with Gasteiger partial charge in [0.15, 0.2) is 0 Å². The van der Waals surface area contributed by atoms with Crippen LogP contribution in [0.4, 0.5) is 5.95 Å². The summed E-state index contributed by atoms with van der Waals surface area (Å²) >= 11 is 0. The molecule has 1 amide bonds. The van der Waals surface area contributed by atoms with E-state index in [4.69, 9.17) is 4.74 Å². The Labute approximate surface area is 135 Å². The van der Waals surface area contributed by atoms with Crippen LogP contribution in [0.25, 0.3) is 5.69 Å². The molecule has 0 fully saturated rings. The third-order valence-corrected chi connectivity index (χ3v) is 3.13. The van der Waals surface area contributed by atoms with Crippen LogP contribution in [-0.4, -0.2) is 32.8 Å². The molecule has 0 radical (unpaired) electrons. The smallest absolute Gasteiger partial charge is 0.441 e. The summed E-state index contributed by atoms with van der Waals surface area (Å²) in [6, 6.07) is 8.12. The standard InChI is InChI=1S/C15H13N5O4/c1-9-7-12(23-2)18-14(17-9)19-13(21)10-5-3-4-6-11(10)20-15(22)24-8-16-20/h3-8H,1-2H3,(H,17,18,19,21). The predicted octanol–water partition coefficient (Wildman–Crippen LogP) is 1.18. The molecule has 0 atom stereocenters. The molecule has 122 valence electrons. The highest BCUT2D eigenvalue weighted by Gasteiger charge is 2.16. The maximum absolute atomic E-state index is 12.5. The van der Waals surface area contributed by atoms with Crippen molar-refractivity contribution in [3.8, 4) is 11.6 Å². The molecule has 3 aromatic rings. The normalized spacial score (nSPS) is 10.4. The van der Waals surface area contributed by atoms with E-state index in [9.17, 15) is 9.59 Å². The van der Waals surface area contributed by atoms with Gasteiger partial charge in [0.25, 0.3) is 5.91 Å². The van der Waals surface area contributed by atoms with Crippen LogP contribution in [0.3, 0.4) is 0 Å². The Morgan fingerprint density at radius 2 is 2.08 bits per heavy atom. The zero-order chi connectivity index (χ0) is 17.1. The lowest BCUT2D eigenvalue weighted by molar-refractivity contribution is 0.102. The second-order valence-corrected chi connectivity index (χ2v) is 4.76. The topological polar surface area (TPSA) is 112 Å². The van der Waals surface area contributed by atoms with E-state index in [1.807, 2.05) is 0 Å². The Bertz CT molecular complexity index is 947. The van der Waals surface area contributed by atoms with Crippen molar-refractivity contribution in [3.05, 3.63) is 58.5 Å². The average Bonchev–Trinajstić information content (AvgIpc) is 3.00. The number of nitrogens with zero attached hydrogens (tertiary/aromatic N) is 4. The van der Waals surface area contributed by atoms with Crippen molar-refractivity contribution >= 4 is 11.9 Å². The molecule has 0 aliphatic carbocycles. The van der Waals surface area contributed by atoms with E-state index >= 15 is 0 Å². The zero-order valence-corrected chi connectivity index (χ0v) is 12.9. The number of nitrogens with one attached hydrogen (secondary N) is 1. The van der Waals surface area contributed by atoms with E-state index in [0.717, 1.165) is 11.1 Å². The Kier molecular flexibility index (Phi) is 4.06. The van der Waals surface area contributed by atoms with Crippen molar-refractivity contribution in [1.29, 1.82) is 0 Å². The molecule has 2 heterocycles. The molecule has 0 aliphatic heterocycles. The van der Waals surface area contributed by atoms with Gasteiger partial charge in [-0.25, -0.2) is 9.78 Å². The van der Waals surface area contributed by atoms with E-state index < -0.39 is 11.7 Å². The lowest BCUT2D eigenvalue weighted by atomic mass is 10.1. The first-order valence-corrected chi connectivity index (χ1v) is 6.91. The van der Waals surface area contributed by atoms with Crippen molar-refractivity contribution < 1.29 is 13.9 Å². The van der Waals surface area contributed by atoms with Crippen LogP contribution in [-0.2, 0) is 0 Å². The number of anilines is 1. The number of carbonyl (C=O) groups excluding carboxylic acids is 1. The minimum atomic E-state index is -0.691. The van der Waals surface area contributed by atoms with Crippen molar-refractivity contribution in [2.75, 3.05) is 12.4 Å². The minimum Gasteiger partial charge on any atom is -0.481 e.